The van der Waals surface area contributed by atoms with Crippen LogP contribution in [0.4, 0.5) is 0 Å². The molecule has 1 fully saturated rings. The Hall–Kier alpha value is -0.610. The van der Waals surface area contributed by atoms with Crippen LogP contribution in [-0.4, -0.2) is 35.0 Å². The van der Waals surface area contributed by atoms with Gasteiger partial charge in [-0.05, 0) is 19.3 Å². The van der Waals surface area contributed by atoms with Crippen LogP contribution in [0.2, 0.25) is 0 Å². The molecule has 1 unspecified atom stereocenters. The largest absolute Gasteiger partial charge is 0.479 e. The van der Waals surface area contributed by atoms with Crippen molar-refractivity contribution in [2.45, 2.75) is 38.2 Å². The van der Waals surface area contributed by atoms with E-state index >= 15 is 0 Å². The molecule has 0 saturated carbocycles. The zero-order valence-electron chi connectivity index (χ0n) is 8.53. The van der Waals surface area contributed by atoms with Gasteiger partial charge in [0.25, 0.3) is 0 Å². The van der Waals surface area contributed by atoms with Crippen molar-refractivity contribution in [3.05, 3.63) is 0 Å². The molecule has 1 aliphatic rings. The maximum absolute atomic E-state index is 11.0. The molecule has 82 valence electrons. The average molecular weight is 202 g/mol. The summed E-state index contributed by atoms with van der Waals surface area (Å²) in [5.74, 6) is -1.25. The second kappa shape index (κ2) is 4.75. The van der Waals surface area contributed by atoms with E-state index in [0.29, 0.717) is 38.9 Å². The normalized spacial score (nSPS) is 23.0. The van der Waals surface area contributed by atoms with Crippen LogP contribution in [0.1, 0.15) is 32.6 Å². The highest BCUT2D eigenvalue weighted by Gasteiger charge is 2.43. The lowest BCUT2D eigenvalue weighted by molar-refractivity contribution is -0.170. The van der Waals surface area contributed by atoms with Crippen LogP contribution >= 0.6 is 0 Å². The fourth-order valence-electron chi connectivity index (χ4n) is 2.04. The Labute approximate surface area is 83.9 Å². The molecule has 1 saturated heterocycles. The van der Waals surface area contributed by atoms with E-state index in [1.54, 1.807) is 0 Å². The van der Waals surface area contributed by atoms with E-state index in [-0.39, 0.29) is 5.92 Å². The van der Waals surface area contributed by atoms with Gasteiger partial charge < -0.3 is 14.9 Å². The third-order valence-corrected chi connectivity index (χ3v) is 2.90. The lowest BCUT2D eigenvalue weighted by atomic mass is 9.79. The molecule has 1 heterocycles. The number of hydrogen-bond donors (Lipinski definition) is 2. The van der Waals surface area contributed by atoms with Gasteiger partial charge in [0.05, 0.1) is 0 Å². The number of aliphatic carboxylic acids is 1. The molecular weight excluding hydrogens is 184 g/mol. The minimum atomic E-state index is -1.54. The first-order valence-electron chi connectivity index (χ1n) is 5.14. The Balaban J connectivity index is 2.69. The van der Waals surface area contributed by atoms with Crippen molar-refractivity contribution in [3.63, 3.8) is 0 Å². The van der Waals surface area contributed by atoms with Crippen molar-refractivity contribution in [1.29, 1.82) is 0 Å². The number of aliphatic hydroxyl groups is 1. The molecule has 1 aliphatic heterocycles. The van der Waals surface area contributed by atoms with Crippen LogP contribution < -0.4 is 0 Å². The predicted octanol–water partition coefficient (Wildman–Crippen LogP) is 1.03. The molecule has 0 spiro atoms. The van der Waals surface area contributed by atoms with Crippen molar-refractivity contribution in [2.24, 2.45) is 5.92 Å². The second-order valence-electron chi connectivity index (χ2n) is 3.87. The first-order valence-corrected chi connectivity index (χ1v) is 5.14. The number of rotatable bonds is 4. The second-order valence-corrected chi connectivity index (χ2v) is 3.87. The van der Waals surface area contributed by atoms with Crippen molar-refractivity contribution in [3.8, 4) is 0 Å². The molecule has 0 radical (unpaired) electrons. The Morgan fingerprint density at radius 2 is 2.07 bits per heavy atom. The lowest BCUT2D eigenvalue weighted by Gasteiger charge is -2.34. The number of carboxylic acid groups (broad SMARTS) is 1. The van der Waals surface area contributed by atoms with Crippen molar-refractivity contribution < 1.29 is 19.7 Å². The summed E-state index contributed by atoms with van der Waals surface area (Å²) >= 11 is 0. The van der Waals surface area contributed by atoms with Gasteiger partial charge in [0.15, 0.2) is 5.60 Å². The minimum Gasteiger partial charge on any atom is -0.479 e. The fourth-order valence-corrected chi connectivity index (χ4v) is 2.04. The summed E-state index contributed by atoms with van der Waals surface area (Å²) in [7, 11) is 0. The van der Waals surface area contributed by atoms with Crippen LogP contribution in [0.3, 0.4) is 0 Å². The number of carbonyl (C=O) groups is 1. The van der Waals surface area contributed by atoms with E-state index < -0.39 is 11.6 Å². The van der Waals surface area contributed by atoms with E-state index in [1.807, 2.05) is 6.92 Å². The van der Waals surface area contributed by atoms with E-state index in [4.69, 9.17) is 9.84 Å². The topological polar surface area (TPSA) is 66.8 Å². The highest BCUT2D eigenvalue weighted by Crippen LogP contribution is 2.31. The molecule has 0 bridgehead atoms. The SMILES string of the molecule is CCCC(O)(C(=O)O)C1CCOCC1. The van der Waals surface area contributed by atoms with Crippen molar-refractivity contribution in [2.75, 3.05) is 13.2 Å². The van der Waals surface area contributed by atoms with E-state index in [1.165, 1.54) is 0 Å². The summed E-state index contributed by atoms with van der Waals surface area (Å²) in [5.41, 5.74) is -1.54. The Kier molecular flexibility index (Phi) is 3.89. The molecule has 1 rings (SSSR count). The fraction of sp³-hybridized carbons (Fsp3) is 0.900. The smallest absolute Gasteiger partial charge is 0.335 e. The van der Waals surface area contributed by atoms with Crippen LogP contribution in [0.15, 0.2) is 0 Å². The van der Waals surface area contributed by atoms with Gasteiger partial charge in [0, 0.05) is 19.1 Å². The quantitative estimate of drug-likeness (QED) is 0.714. The van der Waals surface area contributed by atoms with Gasteiger partial charge in [-0.25, -0.2) is 4.79 Å². The zero-order valence-corrected chi connectivity index (χ0v) is 8.53. The standard InChI is InChI=1S/C10H18O4/c1-2-5-10(13,9(11)12)8-3-6-14-7-4-8/h8,13H,2-7H2,1H3,(H,11,12). The van der Waals surface area contributed by atoms with Gasteiger partial charge in [-0.1, -0.05) is 13.3 Å². The number of ether oxygens (including phenoxy) is 1. The van der Waals surface area contributed by atoms with Crippen LogP contribution in [0, 0.1) is 5.92 Å². The zero-order chi connectivity index (χ0) is 10.6. The first-order chi connectivity index (χ1) is 6.61. The number of hydrogen-bond acceptors (Lipinski definition) is 3. The van der Waals surface area contributed by atoms with Gasteiger partial charge >= 0.3 is 5.97 Å². The monoisotopic (exact) mass is 202 g/mol. The lowest BCUT2D eigenvalue weighted by Crippen LogP contribution is -2.47. The molecule has 0 amide bonds. The molecular formula is C10H18O4. The summed E-state index contributed by atoms with van der Waals surface area (Å²) in [6.45, 7) is 3.00. The molecule has 4 nitrogen and oxygen atoms in total. The highest BCUT2D eigenvalue weighted by molar-refractivity contribution is 5.77. The molecule has 1 atom stereocenters. The minimum absolute atomic E-state index is 0.159. The van der Waals surface area contributed by atoms with E-state index in [9.17, 15) is 9.90 Å². The van der Waals surface area contributed by atoms with Gasteiger partial charge in [-0.3, -0.25) is 0 Å². The Bertz CT molecular complexity index is 198. The van der Waals surface area contributed by atoms with E-state index in [0.717, 1.165) is 0 Å². The molecule has 0 aromatic heterocycles. The van der Waals surface area contributed by atoms with Gasteiger partial charge in [0.1, 0.15) is 0 Å². The van der Waals surface area contributed by atoms with Crippen LogP contribution in [0.5, 0.6) is 0 Å². The van der Waals surface area contributed by atoms with Crippen molar-refractivity contribution in [1.82, 2.24) is 0 Å². The van der Waals surface area contributed by atoms with Crippen LogP contribution in [-0.2, 0) is 9.53 Å². The molecule has 0 aliphatic carbocycles. The van der Waals surface area contributed by atoms with Gasteiger partial charge in [-0.2, -0.15) is 0 Å². The van der Waals surface area contributed by atoms with Gasteiger partial charge in [0.2, 0.25) is 0 Å². The Morgan fingerprint density at radius 1 is 1.50 bits per heavy atom. The predicted molar refractivity (Wildman–Crippen MR) is 51.0 cm³/mol. The maximum atomic E-state index is 11.0. The molecule has 0 aromatic carbocycles. The highest BCUT2D eigenvalue weighted by atomic mass is 16.5. The van der Waals surface area contributed by atoms with E-state index in [2.05, 4.69) is 0 Å². The third kappa shape index (κ3) is 2.25. The third-order valence-electron chi connectivity index (χ3n) is 2.90. The average Bonchev–Trinajstić information content (AvgIpc) is 2.19. The Morgan fingerprint density at radius 3 is 2.50 bits per heavy atom. The number of carboxylic acids is 1. The summed E-state index contributed by atoms with van der Waals surface area (Å²) in [4.78, 5) is 11.0. The van der Waals surface area contributed by atoms with Gasteiger partial charge in [-0.15, -0.1) is 0 Å². The summed E-state index contributed by atoms with van der Waals surface area (Å²) in [6, 6.07) is 0. The van der Waals surface area contributed by atoms with Crippen molar-refractivity contribution >= 4 is 5.97 Å². The van der Waals surface area contributed by atoms with Crippen LogP contribution in [0.25, 0.3) is 0 Å². The molecule has 2 N–H and O–H groups in total. The first kappa shape index (κ1) is 11.5. The summed E-state index contributed by atoms with van der Waals surface area (Å²) in [6.07, 6.45) is 2.29. The maximum Gasteiger partial charge on any atom is 0.335 e. The summed E-state index contributed by atoms with van der Waals surface area (Å²) < 4.78 is 5.15. The molecule has 0 aromatic rings. The summed E-state index contributed by atoms with van der Waals surface area (Å²) in [5, 5.41) is 19.1. The molecule has 4 heteroatoms. The molecule has 14 heavy (non-hydrogen) atoms.